The van der Waals surface area contributed by atoms with Crippen LogP contribution in [0.3, 0.4) is 0 Å². The summed E-state index contributed by atoms with van der Waals surface area (Å²) in [5.74, 6) is 0.831. The monoisotopic (exact) mass is 517 g/mol. The predicted octanol–water partition coefficient (Wildman–Crippen LogP) is 4.21. The zero-order valence-electron chi connectivity index (χ0n) is 21.2. The zero-order valence-corrected chi connectivity index (χ0v) is 21.2. The molecule has 0 radical (unpaired) electrons. The van der Waals surface area contributed by atoms with Crippen LogP contribution in [-0.2, 0) is 17.9 Å². The molecule has 4 rings (SSSR count). The van der Waals surface area contributed by atoms with E-state index in [9.17, 15) is 13.9 Å². The van der Waals surface area contributed by atoms with Crippen molar-refractivity contribution in [2.75, 3.05) is 26.7 Å². The number of nitrogens with zero attached hydrogens (tertiary/aromatic N) is 3. The number of rotatable bonds is 11. The average Bonchev–Trinajstić information content (AvgIpc) is 3.31. The molecule has 200 valence electrons. The molecule has 2 heterocycles. The number of alkyl halides is 2. The minimum absolute atomic E-state index is 0.0592. The van der Waals surface area contributed by atoms with Gasteiger partial charge in [-0.25, -0.2) is 0 Å². The number of hydrogen-bond acceptors (Lipinski definition) is 7. The van der Waals surface area contributed by atoms with Gasteiger partial charge in [0.25, 0.3) is 0 Å². The summed E-state index contributed by atoms with van der Waals surface area (Å²) in [5.41, 5.74) is 2.14. The van der Waals surface area contributed by atoms with Gasteiger partial charge in [-0.05, 0) is 55.8 Å². The van der Waals surface area contributed by atoms with Gasteiger partial charge in [0.15, 0.2) is 11.5 Å². The van der Waals surface area contributed by atoms with Crippen LogP contribution in [0.25, 0.3) is 11.3 Å². The largest absolute Gasteiger partial charge is 0.497 e. The predicted molar refractivity (Wildman–Crippen MR) is 134 cm³/mol. The fourth-order valence-corrected chi connectivity index (χ4v) is 4.48. The fourth-order valence-electron chi connectivity index (χ4n) is 4.48. The van der Waals surface area contributed by atoms with Crippen LogP contribution in [0.15, 0.2) is 54.7 Å². The normalized spacial score (nSPS) is 19.1. The van der Waals surface area contributed by atoms with Crippen molar-refractivity contribution in [3.05, 3.63) is 60.3 Å². The highest BCUT2D eigenvalue weighted by Crippen LogP contribution is 2.34. The lowest BCUT2D eigenvalue weighted by Gasteiger charge is -2.36. The number of ether oxygens (including phenoxy) is 4. The third-order valence-corrected chi connectivity index (χ3v) is 6.01. The summed E-state index contributed by atoms with van der Waals surface area (Å²) >= 11 is 0. The molecule has 0 bridgehead atoms. The lowest BCUT2D eigenvalue weighted by atomic mass is 10.1. The van der Waals surface area contributed by atoms with E-state index in [2.05, 4.69) is 14.7 Å². The first-order valence-corrected chi connectivity index (χ1v) is 12.2. The Morgan fingerprint density at radius 3 is 2.43 bits per heavy atom. The van der Waals surface area contributed by atoms with Gasteiger partial charge in [0, 0.05) is 31.4 Å². The molecule has 1 aliphatic heterocycles. The minimum atomic E-state index is -2.98. The van der Waals surface area contributed by atoms with Crippen LogP contribution in [-0.4, -0.2) is 71.5 Å². The number of hydrogen-bond donors (Lipinski definition) is 1. The van der Waals surface area contributed by atoms with Crippen LogP contribution < -0.4 is 14.2 Å². The van der Waals surface area contributed by atoms with Crippen LogP contribution in [0.4, 0.5) is 8.78 Å². The maximum absolute atomic E-state index is 13.0. The molecule has 3 atom stereocenters. The fraction of sp³-hybridized carbons (Fsp3) is 0.444. The molecule has 0 saturated carbocycles. The van der Waals surface area contributed by atoms with Crippen molar-refractivity contribution < 1.29 is 32.8 Å². The molecule has 37 heavy (non-hydrogen) atoms. The third-order valence-electron chi connectivity index (χ3n) is 6.01. The quantitative estimate of drug-likeness (QED) is 0.408. The van der Waals surface area contributed by atoms with Crippen molar-refractivity contribution in [2.24, 2.45) is 0 Å². The number of morpholine rings is 1. The minimum Gasteiger partial charge on any atom is -0.497 e. The first-order valence-electron chi connectivity index (χ1n) is 12.2. The maximum atomic E-state index is 13.0. The van der Waals surface area contributed by atoms with Crippen LogP contribution >= 0.6 is 0 Å². The number of benzene rings is 2. The van der Waals surface area contributed by atoms with Crippen LogP contribution in [0.1, 0.15) is 19.4 Å². The Morgan fingerprint density at radius 1 is 1.03 bits per heavy atom. The first-order chi connectivity index (χ1) is 17.8. The molecular weight excluding hydrogens is 484 g/mol. The van der Waals surface area contributed by atoms with E-state index in [1.54, 1.807) is 42.3 Å². The van der Waals surface area contributed by atoms with Gasteiger partial charge in [0.2, 0.25) is 0 Å². The molecule has 1 aromatic heterocycles. The van der Waals surface area contributed by atoms with Crippen molar-refractivity contribution in [2.45, 2.75) is 51.9 Å². The summed E-state index contributed by atoms with van der Waals surface area (Å²) in [7, 11) is 1.58. The second-order valence-electron chi connectivity index (χ2n) is 9.23. The van der Waals surface area contributed by atoms with E-state index in [1.807, 2.05) is 32.0 Å². The third kappa shape index (κ3) is 7.64. The number of methoxy groups -OCH3 is 1. The molecular formula is C27H33F2N3O5. The van der Waals surface area contributed by atoms with Crippen LogP contribution in [0.2, 0.25) is 0 Å². The molecule has 10 heteroatoms. The summed E-state index contributed by atoms with van der Waals surface area (Å²) in [4.78, 5) is 2.20. The number of aliphatic hydroxyl groups excluding tert-OH is 1. The van der Waals surface area contributed by atoms with Gasteiger partial charge in [-0.15, -0.1) is 0 Å². The Kier molecular flexibility index (Phi) is 8.96. The highest BCUT2D eigenvalue weighted by Gasteiger charge is 2.24. The Bertz CT molecular complexity index is 1130. The van der Waals surface area contributed by atoms with Crippen LogP contribution in [0, 0.1) is 0 Å². The van der Waals surface area contributed by atoms with Crippen LogP contribution in [0.5, 0.6) is 17.2 Å². The summed E-state index contributed by atoms with van der Waals surface area (Å²) < 4.78 is 49.0. The van der Waals surface area contributed by atoms with Gasteiger partial charge >= 0.3 is 6.61 Å². The molecule has 0 spiro atoms. The lowest BCUT2D eigenvalue weighted by Crippen LogP contribution is -2.48. The maximum Gasteiger partial charge on any atom is 0.387 e. The zero-order chi connectivity index (χ0) is 26.4. The van der Waals surface area contributed by atoms with Gasteiger partial charge < -0.3 is 24.1 Å². The number of aromatic nitrogens is 2. The molecule has 0 aliphatic carbocycles. The number of halogens is 2. The highest BCUT2D eigenvalue weighted by atomic mass is 19.3. The van der Waals surface area contributed by atoms with Gasteiger partial charge in [0.1, 0.15) is 12.4 Å². The Hall–Kier alpha value is -3.21. The van der Waals surface area contributed by atoms with Crippen molar-refractivity contribution in [3.8, 4) is 28.5 Å². The van der Waals surface area contributed by atoms with E-state index in [1.165, 1.54) is 6.07 Å². The van der Waals surface area contributed by atoms with E-state index < -0.39 is 12.7 Å². The van der Waals surface area contributed by atoms with E-state index in [-0.39, 0.29) is 30.3 Å². The van der Waals surface area contributed by atoms with Crippen molar-refractivity contribution >= 4 is 0 Å². The second-order valence-corrected chi connectivity index (χ2v) is 9.23. The Morgan fingerprint density at radius 2 is 1.76 bits per heavy atom. The summed E-state index contributed by atoms with van der Waals surface area (Å²) in [6, 6.07) is 13.8. The molecule has 0 amide bonds. The summed E-state index contributed by atoms with van der Waals surface area (Å²) in [6.07, 6.45) is 1.44. The Balaban J connectivity index is 1.43. The highest BCUT2D eigenvalue weighted by molar-refractivity contribution is 5.63. The summed E-state index contributed by atoms with van der Waals surface area (Å²) in [5, 5.41) is 15.2. The Labute approximate surface area is 215 Å². The topological polar surface area (TPSA) is 78.2 Å². The van der Waals surface area contributed by atoms with E-state index in [0.717, 1.165) is 18.7 Å². The molecule has 1 aliphatic rings. The van der Waals surface area contributed by atoms with E-state index in [4.69, 9.17) is 14.2 Å². The van der Waals surface area contributed by atoms with Gasteiger partial charge in [-0.1, -0.05) is 12.1 Å². The van der Waals surface area contributed by atoms with Gasteiger partial charge in [-0.2, -0.15) is 13.9 Å². The van der Waals surface area contributed by atoms with Crippen molar-refractivity contribution in [1.29, 1.82) is 0 Å². The van der Waals surface area contributed by atoms with Gasteiger partial charge in [-0.3, -0.25) is 9.58 Å². The van der Waals surface area contributed by atoms with Gasteiger partial charge in [0.05, 0.1) is 37.7 Å². The molecule has 8 nitrogen and oxygen atoms in total. The number of β-amino-alcohol motifs (C(OH)–C–C–N with tert-alkyl or cyclic N) is 1. The van der Waals surface area contributed by atoms with E-state index in [0.29, 0.717) is 30.1 Å². The average molecular weight is 518 g/mol. The second kappa shape index (κ2) is 12.4. The summed E-state index contributed by atoms with van der Waals surface area (Å²) in [6.45, 7) is 3.64. The molecule has 2 aromatic carbocycles. The SMILES string of the molecule is COc1ccc(COc2cc(-c3ccn(CC(O)CN4CC(C)OC(C)C4)n3)ccc2OC(F)F)cc1. The molecule has 3 aromatic rings. The molecule has 1 fully saturated rings. The number of aliphatic hydroxyl groups is 1. The smallest absolute Gasteiger partial charge is 0.387 e. The first kappa shape index (κ1) is 26.8. The lowest BCUT2D eigenvalue weighted by molar-refractivity contribution is -0.0774. The standard InChI is InChI=1S/C27H33F2N3O5/c1-18-13-31(14-19(2)36-18)15-22(33)16-32-11-10-24(30-32)21-6-9-25(37-27(28)29)26(12-21)35-17-20-4-7-23(34-3)8-5-20/h4-12,18-19,22,27,33H,13-17H2,1-3H3. The van der Waals surface area contributed by atoms with Crippen molar-refractivity contribution in [1.82, 2.24) is 14.7 Å². The molecule has 1 saturated heterocycles. The molecule has 3 unspecified atom stereocenters. The van der Waals surface area contributed by atoms with Crippen molar-refractivity contribution in [3.63, 3.8) is 0 Å². The van der Waals surface area contributed by atoms with E-state index >= 15 is 0 Å². The molecule has 1 N–H and O–H groups in total.